The summed E-state index contributed by atoms with van der Waals surface area (Å²) in [6, 6.07) is 23.5. The summed E-state index contributed by atoms with van der Waals surface area (Å²) in [6.07, 6.45) is 14.4. The van der Waals surface area contributed by atoms with E-state index in [1.54, 1.807) is 30.5 Å². The molecule has 12 nitrogen and oxygen atoms in total. The maximum Gasteiger partial charge on any atom is 0.234 e. The van der Waals surface area contributed by atoms with Crippen LogP contribution >= 0.6 is 23.5 Å². The molecule has 2 aromatic carbocycles. The molecule has 6 aromatic rings. The average Bonchev–Trinajstić information content (AvgIpc) is 4.09. The van der Waals surface area contributed by atoms with Gasteiger partial charge in [-0.3, -0.25) is 18.7 Å². The van der Waals surface area contributed by atoms with Crippen LogP contribution in [-0.2, 0) is 16.1 Å². The highest BCUT2D eigenvalue weighted by Crippen LogP contribution is 2.35. The zero-order valence-electron chi connectivity index (χ0n) is 31.5. The Morgan fingerprint density at radius 3 is 2.19 bits per heavy atom. The van der Waals surface area contributed by atoms with Gasteiger partial charge in [-0.15, -0.1) is 20.4 Å². The first-order valence-corrected chi connectivity index (χ1v) is 20.8. The molecule has 1 atom stereocenters. The van der Waals surface area contributed by atoms with Crippen molar-refractivity contribution in [2.75, 3.05) is 11.5 Å². The second-order valence-electron chi connectivity index (χ2n) is 13.6. The summed E-state index contributed by atoms with van der Waals surface area (Å²) in [5.74, 6) is 2.59. The third-order valence-corrected chi connectivity index (χ3v) is 11.5. The van der Waals surface area contributed by atoms with Gasteiger partial charge in [-0.1, -0.05) is 84.2 Å². The van der Waals surface area contributed by atoms with Gasteiger partial charge in [-0.2, -0.15) is 0 Å². The minimum absolute atomic E-state index is 0.0930. The van der Waals surface area contributed by atoms with Crippen LogP contribution < -0.4 is 10.6 Å². The normalized spacial score (nSPS) is 14.4. The van der Waals surface area contributed by atoms with Gasteiger partial charge in [0.15, 0.2) is 21.8 Å². The van der Waals surface area contributed by atoms with Crippen molar-refractivity contribution in [3.05, 3.63) is 150 Å². The van der Waals surface area contributed by atoms with Crippen LogP contribution in [0.3, 0.4) is 0 Å². The summed E-state index contributed by atoms with van der Waals surface area (Å²) < 4.78 is 29.4. The Kier molecular flexibility index (Phi) is 12.0. The Balaban J connectivity index is 0.931. The topological polar surface area (TPSA) is 146 Å². The van der Waals surface area contributed by atoms with Crippen LogP contribution in [0.1, 0.15) is 55.5 Å². The molecule has 0 fully saturated rings. The van der Waals surface area contributed by atoms with Crippen LogP contribution in [0.2, 0.25) is 0 Å². The van der Waals surface area contributed by atoms with E-state index in [0.717, 1.165) is 40.9 Å². The van der Waals surface area contributed by atoms with Gasteiger partial charge in [0.05, 0.1) is 30.4 Å². The molecular weight excluding hydrogens is 776 g/mol. The van der Waals surface area contributed by atoms with Crippen LogP contribution in [0.15, 0.2) is 146 Å². The summed E-state index contributed by atoms with van der Waals surface area (Å²) >= 11 is 2.60. The first-order chi connectivity index (χ1) is 28.4. The van der Waals surface area contributed by atoms with Crippen LogP contribution in [0.5, 0.6) is 0 Å². The molecule has 294 valence electrons. The molecule has 15 heteroatoms. The van der Waals surface area contributed by atoms with E-state index in [4.69, 9.17) is 8.83 Å². The number of nitrogens with zero attached hydrogens (tertiary/aromatic N) is 6. The summed E-state index contributed by atoms with van der Waals surface area (Å²) in [7, 11) is 0. The Hall–Kier alpha value is -6.19. The van der Waals surface area contributed by atoms with Crippen molar-refractivity contribution in [3.63, 3.8) is 0 Å². The Labute approximate surface area is 342 Å². The molecule has 0 saturated carbocycles. The number of rotatable bonds is 15. The van der Waals surface area contributed by atoms with Crippen molar-refractivity contribution in [1.29, 1.82) is 0 Å². The van der Waals surface area contributed by atoms with Crippen LogP contribution in [-0.4, -0.2) is 52.8 Å². The number of thioether (sulfide) groups is 2. The molecule has 0 bridgehead atoms. The minimum atomic E-state index is -0.318. The molecule has 0 spiro atoms. The van der Waals surface area contributed by atoms with Crippen molar-refractivity contribution >= 4 is 40.9 Å². The lowest BCUT2D eigenvalue weighted by atomic mass is 10.0. The fourth-order valence-corrected chi connectivity index (χ4v) is 8.20. The van der Waals surface area contributed by atoms with Gasteiger partial charge < -0.3 is 19.5 Å². The van der Waals surface area contributed by atoms with E-state index < -0.39 is 0 Å². The van der Waals surface area contributed by atoms with Gasteiger partial charge in [0, 0.05) is 11.4 Å². The highest BCUT2D eigenvalue weighted by molar-refractivity contribution is 8.00. The number of amides is 2. The molecule has 0 radical (unpaired) electrons. The van der Waals surface area contributed by atoms with Gasteiger partial charge >= 0.3 is 0 Å². The van der Waals surface area contributed by atoms with Crippen molar-refractivity contribution in [1.82, 2.24) is 40.2 Å². The molecule has 0 saturated heterocycles. The predicted molar refractivity (Wildman–Crippen MR) is 221 cm³/mol. The lowest BCUT2D eigenvalue weighted by Crippen LogP contribution is -2.25. The minimum Gasteiger partial charge on any atom is -0.461 e. The molecule has 2 aliphatic rings. The van der Waals surface area contributed by atoms with Crippen LogP contribution in [0.25, 0.3) is 28.7 Å². The molecule has 0 aliphatic heterocycles. The summed E-state index contributed by atoms with van der Waals surface area (Å²) in [5.41, 5.74) is 4.62. The maximum atomic E-state index is 13.6. The molecular formula is C43H39FN8O4S2. The molecule has 4 aromatic heterocycles. The molecule has 4 heterocycles. The third-order valence-electron chi connectivity index (χ3n) is 9.62. The van der Waals surface area contributed by atoms with E-state index in [2.05, 4.69) is 56.2 Å². The summed E-state index contributed by atoms with van der Waals surface area (Å²) in [5, 5.41) is 24.9. The Morgan fingerprint density at radius 1 is 0.759 bits per heavy atom. The second kappa shape index (κ2) is 17.9. The molecule has 8 rings (SSSR count). The molecule has 2 amide bonds. The van der Waals surface area contributed by atoms with Crippen molar-refractivity contribution in [3.8, 4) is 23.2 Å². The fraction of sp³-hybridized carbons (Fsp3) is 0.209. The SMILES string of the molecule is CC(c1ccccc1)n1c(SCC(=O)NC2=CC=CCC2)nnc1-c1ccc(C2=CC=C(NC(=O)CSc3nnc(-c4ccco4)n3Cc3ccc(F)cc3)CC2)o1. The quantitative estimate of drug-likeness (QED) is 0.0967. The largest absolute Gasteiger partial charge is 0.461 e. The van der Waals surface area contributed by atoms with E-state index in [9.17, 15) is 14.0 Å². The number of carbonyl (C=O) groups excluding carboxylic acids is 2. The summed E-state index contributed by atoms with van der Waals surface area (Å²) in [6.45, 7) is 2.45. The maximum absolute atomic E-state index is 13.6. The highest BCUT2D eigenvalue weighted by Gasteiger charge is 2.25. The van der Waals surface area contributed by atoms with Gasteiger partial charge in [-0.05, 0) is 97.9 Å². The standard InChI is InChI=1S/C43H39FN8O4S2/c1-28(30-9-4-2-5-10-30)52-41(48-50-43(52)58-27-39(54)45-33-11-6-3-7-12-33)37-23-22-35(56-37)31-16-20-34(21-17-31)46-38(53)26-57-42-49-47-40(36-13-8-24-55-36)51(42)25-29-14-18-32(44)19-15-29/h2-6,8-11,13-16,18-20,22-24,28H,7,12,17,21,25-27H2,1H3,(H,45,54)(H,46,53). The number of benzene rings is 2. The summed E-state index contributed by atoms with van der Waals surface area (Å²) in [4.78, 5) is 26.0. The number of hydrogen-bond acceptors (Lipinski definition) is 10. The smallest absolute Gasteiger partial charge is 0.234 e. The molecule has 1 unspecified atom stereocenters. The van der Waals surface area contributed by atoms with E-state index >= 15 is 0 Å². The van der Waals surface area contributed by atoms with E-state index in [1.165, 1.54) is 35.7 Å². The van der Waals surface area contributed by atoms with Crippen LogP contribution in [0, 0.1) is 5.82 Å². The average molecular weight is 815 g/mol. The lowest BCUT2D eigenvalue weighted by molar-refractivity contribution is -0.118. The number of allylic oxidation sites excluding steroid dienone is 8. The second-order valence-corrected chi connectivity index (χ2v) is 15.5. The number of hydrogen-bond donors (Lipinski definition) is 2. The van der Waals surface area contributed by atoms with Crippen molar-refractivity contribution in [2.24, 2.45) is 0 Å². The van der Waals surface area contributed by atoms with Gasteiger partial charge in [0.1, 0.15) is 11.6 Å². The van der Waals surface area contributed by atoms with Crippen LogP contribution in [0.4, 0.5) is 4.39 Å². The van der Waals surface area contributed by atoms with Gasteiger partial charge in [-0.25, -0.2) is 4.39 Å². The van der Waals surface area contributed by atoms with Crippen molar-refractivity contribution < 1.29 is 22.8 Å². The number of nitrogens with one attached hydrogen (secondary N) is 2. The highest BCUT2D eigenvalue weighted by atomic mass is 32.2. The number of halogens is 1. The van der Waals surface area contributed by atoms with E-state index in [1.807, 2.05) is 63.8 Å². The molecule has 58 heavy (non-hydrogen) atoms. The first kappa shape index (κ1) is 38.7. The predicted octanol–water partition coefficient (Wildman–Crippen LogP) is 8.60. The Bertz CT molecular complexity index is 2520. The molecule has 2 N–H and O–H groups in total. The fourth-order valence-electron chi connectivity index (χ4n) is 6.65. The van der Waals surface area contributed by atoms with Gasteiger partial charge in [0.2, 0.25) is 23.5 Å². The van der Waals surface area contributed by atoms with E-state index in [0.29, 0.717) is 58.6 Å². The van der Waals surface area contributed by atoms with Crippen molar-refractivity contribution in [2.45, 2.75) is 55.5 Å². The zero-order valence-corrected chi connectivity index (χ0v) is 33.1. The number of furan rings is 2. The zero-order chi connectivity index (χ0) is 39.8. The number of aromatic nitrogens is 6. The third kappa shape index (κ3) is 9.16. The van der Waals surface area contributed by atoms with Gasteiger partial charge in [0.25, 0.3) is 0 Å². The molecule has 2 aliphatic carbocycles. The lowest BCUT2D eigenvalue weighted by Gasteiger charge is -2.18. The first-order valence-electron chi connectivity index (χ1n) is 18.8. The Morgan fingerprint density at radius 2 is 1.48 bits per heavy atom. The van der Waals surface area contributed by atoms with E-state index in [-0.39, 0.29) is 35.2 Å². The number of carbonyl (C=O) groups is 2. The monoisotopic (exact) mass is 814 g/mol.